The van der Waals surface area contributed by atoms with E-state index in [1.165, 1.54) is 0 Å². The second-order valence-corrected chi connectivity index (χ2v) is 7.21. The van der Waals surface area contributed by atoms with Crippen LogP contribution in [0.5, 0.6) is 0 Å². The summed E-state index contributed by atoms with van der Waals surface area (Å²) in [4.78, 5) is 11.7. The number of rotatable bonds is 3. The number of amides is 1. The minimum atomic E-state index is -3.73. The Morgan fingerprint density at radius 1 is 1.32 bits per heavy atom. The second kappa shape index (κ2) is 3.60. The van der Waals surface area contributed by atoms with Crippen molar-refractivity contribution in [2.24, 2.45) is 12.8 Å². The van der Waals surface area contributed by atoms with Crippen molar-refractivity contribution in [3.63, 3.8) is 0 Å². The third kappa shape index (κ3) is 1.46. The maximum Gasteiger partial charge on any atom is 0.239 e. The molecule has 1 amide bonds. The minimum absolute atomic E-state index is 0.196. The van der Waals surface area contributed by atoms with E-state index in [4.69, 9.17) is 5.73 Å². The van der Waals surface area contributed by atoms with E-state index >= 15 is 0 Å². The lowest BCUT2D eigenvalue weighted by Gasteiger charge is -2.13. The number of hydrogen-bond acceptors (Lipinski definition) is 3. The Labute approximate surface area is 110 Å². The van der Waals surface area contributed by atoms with Gasteiger partial charge < -0.3 is 10.3 Å². The Morgan fingerprint density at radius 3 is 2.58 bits per heavy atom. The Morgan fingerprint density at radius 2 is 2.00 bits per heavy atom. The Bertz CT molecular complexity index is 785. The predicted octanol–water partition coefficient (Wildman–Crippen LogP) is 0.970. The fraction of sp³-hybridized carbons (Fsp3) is 0.308. The van der Waals surface area contributed by atoms with Gasteiger partial charge in [0, 0.05) is 24.1 Å². The van der Waals surface area contributed by atoms with Crippen LogP contribution in [0.15, 0.2) is 35.4 Å². The minimum Gasteiger partial charge on any atom is -0.368 e. The highest BCUT2D eigenvalue weighted by Crippen LogP contribution is 2.47. The second-order valence-electron chi connectivity index (χ2n) is 4.98. The number of fused-ring (bicyclic) bond motifs is 1. The first-order valence-electron chi connectivity index (χ1n) is 5.99. The van der Waals surface area contributed by atoms with Crippen LogP contribution in [-0.4, -0.2) is 23.6 Å². The molecule has 0 bridgehead atoms. The standard InChI is InChI=1S/C13H14N2O3S/c1-15-8-5-9-10(15)3-2-4-11(9)19(17,18)13(6-7-13)12(14)16/h2-5,8H,6-7H2,1H3,(H2,14,16). The molecule has 1 aromatic carbocycles. The van der Waals surface area contributed by atoms with Gasteiger partial charge in [-0.15, -0.1) is 0 Å². The van der Waals surface area contributed by atoms with Gasteiger partial charge in [0.2, 0.25) is 5.91 Å². The van der Waals surface area contributed by atoms with Crippen LogP contribution < -0.4 is 5.73 Å². The number of nitrogens with zero attached hydrogens (tertiary/aromatic N) is 1. The molecule has 0 aliphatic heterocycles. The van der Waals surface area contributed by atoms with E-state index in [9.17, 15) is 13.2 Å². The molecule has 19 heavy (non-hydrogen) atoms. The van der Waals surface area contributed by atoms with E-state index in [1.807, 2.05) is 17.7 Å². The van der Waals surface area contributed by atoms with Crippen LogP contribution in [0.25, 0.3) is 10.9 Å². The quantitative estimate of drug-likeness (QED) is 0.908. The molecule has 1 aromatic heterocycles. The molecule has 0 spiro atoms. The molecule has 1 fully saturated rings. The van der Waals surface area contributed by atoms with Crippen LogP contribution in [0.3, 0.4) is 0 Å². The Kier molecular flexibility index (Phi) is 2.32. The number of carbonyl (C=O) groups excluding carboxylic acids is 1. The van der Waals surface area contributed by atoms with E-state index in [0.29, 0.717) is 18.2 Å². The SMILES string of the molecule is Cn1ccc2c(S(=O)(=O)C3(C(N)=O)CC3)cccc21. The van der Waals surface area contributed by atoms with Gasteiger partial charge in [0.05, 0.1) is 4.90 Å². The molecule has 0 unspecified atom stereocenters. The zero-order valence-corrected chi connectivity index (χ0v) is 11.3. The molecule has 0 radical (unpaired) electrons. The maximum absolute atomic E-state index is 12.7. The van der Waals surface area contributed by atoms with Crippen molar-refractivity contribution in [3.8, 4) is 0 Å². The molecular weight excluding hydrogens is 264 g/mol. The Hall–Kier alpha value is -1.82. The number of aromatic nitrogens is 1. The van der Waals surface area contributed by atoms with Crippen LogP contribution in [0, 0.1) is 0 Å². The first kappa shape index (κ1) is 12.2. The fourth-order valence-electron chi connectivity index (χ4n) is 2.48. The molecule has 2 aromatic rings. The van der Waals surface area contributed by atoms with E-state index < -0.39 is 20.5 Å². The summed E-state index contributed by atoms with van der Waals surface area (Å²) >= 11 is 0. The molecule has 1 heterocycles. The summed E-state index contributed by atoms with van der Waals surface area (Å²) in [6.45, 7) is 0. The molecule has 5 nitrogen and oxygen atoms in total. The summed E-state index contributed by atoms with van der Waals surface area (Å²) in [6.07, 6.45) is 2.43. The molecule has 1 aliphatic rings. The number of nitrogens with two attached hydrogens (primary N) is 1. The molecule has 2 N–H and O–H groups in total. The zero-order chi connectivity index (χ0) is 13.8. The average Bonchev–Trinajstić information content (AvgIpc) is 3.11. The van der Waals surface area contributed by atoms with Gasteiger partial charge in [0.15, 0.2) is 14.6 Å². The van der Waals surface area contributed by atoms with Gasteiger partial charge in [-0.2, -0.15) is 0 Å². The molecule has 1 saturated carbocycles. The maximum atomic E-state index is 12.7. The fourth-order valence-corrected chi connectivity index (χ4v) is 4.53. The van der Waals surface area contributed by atoms with Crippen molar-refractivity contribution in [3.05, 3.63) is 30.5 Å². The van der Waals surface area contributed by atoms with Gasteiger partial charge in [-0.3, -0.25) is 4.79 Å². The summed E-state index contributed by atoms with van der Waals surface area (Å²) in [5, 5.41) is 0.637. The summed E-state index contributed by atoms with van der Waals surface area (Å²) < 4.78 is 25.8. The lowest BCUT2D eigenvalue weighted by atomic mass is 10.2. The third-order valence-corrected chi connectivity index (χ3v) is 6.42. The van der Waals surface area contributed by atoms with Crippen molar-refractivity contribution in [2.45, 2.75) is 22.5 Å². The number of primary amides is 1. The summed E-state index contributed by atoms with van der Waals surface area (Å²) in [6, 6.07) is 6.82. The lowest BCUT2D eigenvalue weighted by molar-refractivity contribution is -0.118. The zero-order valence-electron chi connectivity index (χ0n) is 10.5. The van der Waals surface area contributed by atoms with Crippen molar-refractivity contribution >= 4 is 26.6 Å². The third-order valence-electron chi connectivity index (χ3n) is 3.85. The highest BCUT2D eigenvalue weighted by Gasteiger charge is 2.60. The van der Waals surface area contributed by atoms with E-state index in [0.717, 1.165) is 5.52 Å². The van der Waals surface area contributed by atoms with Crippen LogP contribution in [0.4, 0.5) is 0 Å². The van der Waals surface area contributed by atoms with Crippen molar-refractivity contribution < 1.29 is 13.2 Å². The van der Waals surface area contributed by atoms with Crippen LogP contribution in [-0.2, 0) is 21.7 Å². The van der Waals surface area contributed by atoms with Crippen LogP contribution in [0.1, 0.15) is 12.8 Å². The van der Waals surface area contributed by atoms with Gasteiger partial charge in [-0.1, -0.05) is 6.07 Å². The van der Waals surface area contributed by atoms with Gasteiger partial charge in [0.25, 0.3) is 0 Å². The van der Waals surface area contributed by atoms with E-state index in [-0.39, 0.29) is 4.90 Å². The number of sulfone groups is 1. The van der Waals surface area contributed by atoms with Gasteiger partial charge in [0.1, 0.15) is 0 Å². The number of benzene rings is 1. The topological polar surface area (TPSA) is 82.2 Å². The first-order chi connectivity index (χ1) is 8.90. The number of aryl methyl sites for hydroxylation is 1. The molecule has 100 valence electrons. The van der Waals surface area contributed by atoms with E-state index in [2.05, 4.69) is 0 Å². The highest BCUT2D eigenvalue weighted by atomic mass is 32.2. The molecule has 6 heteroatoms. The van der Waals surface area contributed by atoms with E-state index in [1.54, 1.807) is 24.4 Å². The highest BCUT2D eigenvalue weighted by molar-refractivity contribution is 7.94. The van der Waals surface area contributed by atoms with Gasteiger partial charge in [-0.25, -0.2) is 8.42 Å². The molecule has 1 aliphatic carbocycles. The summed E-state index contributed by atoms with van der Waals surface area (Å²) in [5.41, 5.74) is 6.10. The molecule has 0 saturated heterocycles. The lowest BCUT2D eigenvalue weighted by Crippen LogP contribution is -2.38. The largest absolute Gasteiger partial charge is 0.368 e. The number of carbonyl (C=O) groups is 1. The smallest absolute Gasteiger partial charge is 0.239 e. The van der Waals surface area contributed by atoms with Crippen LogP contribution >= 0.6 is 0 Å². The van der Waals surface area contributed by atoms with Crippen molar-refractivity contribution in [1.82, 2.24) is 4.57 Å². The summed E-state index contributed by atoms with van der Waals surface area (Å²) in [5.74, 6) is -0.750. The average molecular weight is 278 g/mol. The molecular formula is C13H14N2O3S. The van der Waals surface area contributed by atoms with Gasteiger partial charge >= 0.3 is 0 Å². The number of hydrogen-bond donors (Lipinski definition) is 1. The first-order valence-corrected chi connectivity index (χ1v) is 7.47. The monoisotopic (exact) mass is 278 g/mol. The normalized spacial score (nSPS) is 17.5. The molecule has 0 atom stereocenters. The van der Waals surface area contributed by atoms with Crippen molar-refractivity contribution in [1.29, 1.82) is 0 Å². The summed E-state index contributed by atoms with van der Waals surface area (Å²) in [7, 11) is -1.88. The van der Waals surface area contributed by atoms with Gasteiger partial charge in [-0.05, 0) is 31.0 Å². The van der Waals surface area contributed by atoms with Crippen LogP contribution in [0.2, 0.25) is 0 Å². The Balaban J connectivity index is 2.28. The predicted molar refractivity (Wildman–Crippen MR) is 71.3 cm³/mol. The van der Waals surface area contributed by atoms with Crippen molar-refractivity contribution in [2.75, 3.05) is 0 Å². The molecule has 3 rings (SSSR count).